The average molecular weight is 372 g/mol. The van der Waals surface area contributed by atoms with Gasteiger partial charge in [-0.3, -0.25) is 9.59 Å². The van der Waals surface area contributed by atoms with Gasteiger partial charge in [-0.15, -0.1) is 12.4 Å². The Balaban J connectivity index is 0.00000225. The first kappa shape index (κ1) is 20.5. The van der Waals surface area contributed by atoms with Crippen LogP contribution >= 0.6 is 12.4 Å². The van der Waals surface area contributed by atoms with Gasteiger partial charge in [0, 0.05) is 32.1 Å². The summed E-state index contributed by atoms with van der Waals surface area (Å²) < 4.78 is 0. The molecule has 3 rings (SSSR count). The van der Waals surface area contributed by atoms with Crippen molar-refractivity contribution in [2.24, 2.45) is 17.6 Å². The topological polar surface area (TPSA) is 66.6 Å². The van der Waals surface area contributed by atoms with E-state index < -0.39 is 5.54 Å². The van der Waals surface area contributed by atoms with Gasteiger partial charge in [-0.25, -0.2) is 0 Å². The molecule has 6 heteroatoms. The Hall–Kier alpha value is -0.810. The summed E-state index contributed by atoms with van der Waals surface area (Å²) in [7, 11) is 0. The van der Waals surface area contributed by atoms with E-state index in [1.54, 1.807) is 0 Å². The fourth-order valence-corrected chi connectivity index (χ4v) is 4.53. The molecule has 0 atom stereocenters. The van der Waals surface area contributed by atoms with Crippen molar-refractivity contribution in [1.29, 1.82) is 0 Å². The lowest BCUT2D eigenvalue weighted by Gasteiger charge is -2.41. The molecule has 3 aliphatic rings. The Labute approximate surface area is 158 Å². The van der Waals surface area contributed by atoms with Crippen molar-refractivity contribution in [3.8, 4) is 0 Å². The molecule has 1 aliphatic carbocycles. The monoisotopic (exact) mass is 371 g/mol. The van der Waals surface area contributed by atoms with E-state index in [4.69, 9.17) is 5.73 Å². The Kier molecular flexibility index (Phi) is 7.15. The van der Waals surface area contributed by atoms with Crippen LogP contribution < -0.4 is 5.73 Å². The van der Waals surface area contributed by atoms with Gasteiger partial charge in [0.25, 0.3) is 0 Å². The van der Waals surface area contributed by atoms with Crippen molar-refractivity contribution in [3.63, 3.8) is 0 Å². The van der Waals surface area contributed by atoms with Crippen LogP contribution in [-0.2, 0) is 9.59 Å². The normalized spacial score (nSPS) is 25.4. The molecule has 0 spiro atoms. The first-order valence-corrected chi connectivity index (χ1v) is 9.87. The predicted molar refractivity (Wildman–Crippen MR) is 102 cm³/mol. The van der Waals surface area contributed by atoms with Crippen molar-refractivity contribution in [2.75, 3.05) is 26.2 Å². The zero-order valence-electron chi connectivity index (χ0n) is 15.5. The second-order valence-corrected chi connectivity index (χ2v) is 8.29. The quantitative estimate of drug-likeness (QED) is 0.811. The van der Waals surface area contributed by atoms with Crippen LogP contribution in [0.2, 0.25) is 0 Å². The third-order valence-electron chi connectivity index (χ3n) is 6.40. The number of nitrogens with zero attached hydrogens (tertiary/aromatic N) is 2. The molecule has 2 N–H and O–H groups in total. The summed E-state index contributed by atoms with van der Waals surface area (Å²) in [6.07, 6.45) is 8.79. The first-order valence-electron chi connectivity index (χ1n) is 9.87. The van der Waals surface area contributed by atoms with E-state index in [-0.39, 0.29) is 24.2 Å². The molecule has 25 heavy (non-hydrogen) atoms. The summed E-state index contributed by atoms with van der Waals surface area (Å²) in [5.41, 5.74) is 5.75. The number of hydrogen-bond acceptors (Lipinski definition) is 3. The molecule has 0 aromatic rings. The SMILES string of the molecule is CC1CCN(C(=O)C2CCN(C(=O)C3(N)CCCCC3)CC2)CC1.Cl. The minimum atomic E-state index is -0.641. The number of carbonyl (C=O) groups excluding carboxylic acids is 2. The van der Waals surface area contributed by atoms with Crippen LogP contribution in [0.4, 0.5) is 0 Å². The van der Waals surface area contributed by atoms with E-state index in [1.165, 1.54) is 6.42 Å². The van der Waals surface area contributed by atoms with Crippen LogP contribution in [0.5, 0.6) is 0 Å². The fourth-order valence-electron chi connectivity index (χ4n) is 4.53. The van der Waals surface area contributed by atoms with Crippen LogP contribution in [-0.4, -0.2) is 53.3 Å². The van der Waals surface area contributed by atoms with E-state index in [0.717, 1.165) is 70.4 Å². The molecular formula is C19H34ClN3O2. The molecule has 3 fully saturated rings. The maximum Gasteiger partial charge on any atom is 0.242 e. The molecular weight excluding hydrogens is 338 g/mol. The minimum Gasteiger partial charge on any atom is -0.342 e. The van der Waals surface area contributed by atoms with Gasteiger partial charge in [-0.05, 0) is 44.4 Å². The Morgan fingerprint density at radius 1 is 0.880 bits per heavy atom. The van der Waals surface area contributed by atoms with Gasteiger partial charge in [0.15, 0.2) is 0 Å². The van der Waals surface area contributed by atoms with Crippen LogP contribution in [0.3, 0.4) is 0 Å². The van der Waals surface area contributed by atoms with Crippen molar-refractivity contribution < 1.29 is 9.59 Å². The molecule has 2 aliphatic heterocycles. The van der Waals surface area contributed by atoms with Crippen molar-refractivity contribution in [2.45, 2.75) is 70.3 Å². The molecule has 2 amide bonds. The number of hydrogen-bond donors (Lipinski definition) is 1. The van der Waals surface area contributed by atoms with Gasteiger partial charge in [0.2, 0.25) is 11.8 Å². The Morgan fingerprint density at radius 2 is 1.40 bits per heavy atom. The summed E-state index contributed by atoms with van der Waals surface area (Å²) >= 11 is 0. The molecule has 0 bridgehead atoms. The molecule has 2 saturated heterocycles. The summed E-state index contributed by atoms with van der Waals surface area (Å²) in [4.78, 5) is 29.5. The lowest BCUT2D eigenvalue weighted by atomic mass is 9.81. The highest BCUT2D eigenvalue weighted by molar-refractivity contribution is 5.87. The van der Waals surface area contributed by atoms with E-state index in [1.807, 2.05) is 9.80 Å². The van der Waals surface area contributed by atoms with E-state index >= 15 is 0 Å². The zero-order chi connectivity index (χ0) is 17.2. The minimum absolute atomic E-state index is 0. The number of rotatable bonds is 2. The largest absolute Gasteiger partial charge is 0.342 e. The predicted octanol–water partition coefficient (Wildman–Crippen LogP) is 2.57. The highest BCUT2D eigenvalue weighted by Gasteiger charge is 2.40. The van der Waals surface area contributed by atoms with Crippen molar-refractivity contribution in [3.05, 3.63) is 0 Å². The summed E-state index contributed by atoms with van der Waals surface area (Å²) in [5.74, 6) is 1.28. The van der Waals surface area contributed by atoms with Gasteiger partial charge >= 0.3 is 0 Å². The molecule has 1 saturated carbocycles. The number of halogens is 1. The second kappa shape index (κ2) is 8.72. The molecule has 144 valence electrons. The first-order chi connectivity index (χ1) is 11.5. The number of nitrogens with two attached hydrogens (primary N) is 1. The molecule has 2 heterocycles. The molecule has 5 nitrogen and oxygen atoms in total. The second-order valence-electron chi connectivity index (χ2n) is 8.29. The van der Waals surface area contributed by atoms with Gasteiger partial charge < -0.3 is 15.5 Å². The number of carbonyl (C=O) groups is 2. The third kappa shape index (κ3) is 4.68. The summed E-state index contributed by atoms with van der Waals surface area (Å²) in [5, 5.41) is 0. The summed E-state index contributed by atoms with van der Waals surface area (Å²) in [6, 6.07) is 0. The third-order valence-corrected chi connectivity index (χ3v) is 6.40. The van der Waals surface area contributed by atoms with Crippen LogP contribution in [0, 0.1) is 11.8 Å². The van der Waals surface area contributed by atoms with Crippen LogP contribution in [0.25, 0.3) is 0 Å². The number of likely N-dealkylation sites (tertiary alicyclic amines) is 2. The molecule has 0 aromatic carbocycles. The lowest BCUT2D eigenvalue weighted by Crippen LogP contribution is -2.58. The fraction of sp³-hybridized carbons (Fsp3) is 0.895. The number of amides is 2. The Bertz CT molecular complexity index is 463. The zero-order valence-corrected chi connectivity index (χ0v) is 16.4. The highest BCUT2D eigenvalue weighted by Crippen LogP contribution is 2.30. The Morgan fingerprint density at radius 3 is 1.96 bits per heavy atom. The maximum absolute atomic E-state index is 12.8. The van der Waals surface area contributed by atoms with Crippen molar-refractivity contribution >= 4 is 24.2 Å². The van der Waals surface area contributed by atoms with Gasteiger partial charge in [-0.2, -0.15) is 0 Å². The van der Waals surface area contributed by atoms with Crippen LogP contribution in [0.1, 0.15) is 64.7 Å². The lowest BCUT2D eigenvalue weighted by molar-refractivity contribution is -0.144. The van der Waals surface area contributed by atoms with Gasteiger partial charge in [0.1, 0.15) is 0 Å². The van der Waals surface area contributed by atoms with Crippen LogP contribution in [0.15, 0.2) is 0 Å². The molecule has 0 aromatic heterocycles. The number of piperidine rings is 2. The molecule has 0 radical (unpaired) electrons. The van der Waals surface area contributed by atoms with Gasteiger partial charge in [0.05, 0.1) is 5.54 Å². The smallest absolute Gasteiger partial charge is 0.242 e. The average Bonchev–Trinajstić information content (AvgIpc) is 2.62. The van der Waals surface area contributed by atoms with E-state index in [9.17, 15) is 9.59 Å². The standard InChI is InChI=1S/C19H33N3O2.ClH/c1-15-5-11-21(12-6-15)17(23)16-7-13-22(14-8-16)18(24)19(20)9-3-2-4-10-19;/h15-16H,2-14,20H2,1H3;1H. The summed E-state index contributed by atoms with van der Waals surface area (Å²) in [6.45, 7) is 5.47. The van der Waals surface area contributed by atoms with Gasteiger partial charge in [-0.1, -0.05) is 26.2 Å². The van der Waals surface area contributed by atoms with E-state index in [0.29, 0.717) is 19.0 Å². The highest BCUT2D eigenvalue weighted by atomic mass is 35.5. The molecule has 0 unspecified atom stereocenters. The van der Waals surface area contributed by atoms with Crippen molar-refractivity contribution in [1.82, 2.24) is 9.80 Å². The van der Waals surface area contributed by atoms with E-state index in [2.05, 4.69) is 6.92 Å². The maximum atomic E-state index is 12.8.